The Balaban J connectivity index is 0.965. The first kappa shape index (κ1) is 35.8. The lowest BCUT2D eigenvalue weighted by Crippen LogP contribution is -2.00. The fraction of sp³-hybridized carbons (Fsp3) is 0. The maximum atomic E-state index is 5.07. The molecule has 0 aliphatic rings. The fourth-order valence-corrected chi connectivity index (χ4v) is 8.34. The molecule has 0 amide bonds. The Labute approximate surface area is 354 Å². The van der Waals surface area contributed by atoms with E-state index in [1.807, 2.05) is 42.6 Å². The van der Waals surface area contributed by atoms with E-state index < -0.39 is 0 Å². The summed E-state index contributed by atoms with van der Waals surface area (Å²) in [4.78, 5) is 14.9. The molecule has 11 aromatic rings. The van der Waals surface area contributed by atoms with Crippen LogP contribution in [0, 0.1) is 0 Å². The van der Waals surface area contributed by atoms with E-state index in [1.165, 1.54) is 10.9 Å². The van der Waals surface area contributed by atoms with Gasteiger partial charge in [-0.15, -0.1) is 0 Å². The molecule has 3 heterocycles. The van der Waals surface area contributed by atoms with Crippen molar-refractivity contribution in [3.8, 4) is 89.9 Å². The van der Waals surface area contributed by atoms with Crippen molar-refractivity contribution in [2.75, 3.05) is 0 Å². The maximum Gasteiger partial charge on any atom is 0.164 e. The highest BCUT2D eigenvalue weighted by Crippen LogP contribution is 2.43. The van der Waals surface area contributed by atoms with Crippen LogP contribution in [0.25, 0.3) is 106 Å². The molecule has 5 nitrogen and oxygen atoms in total. The van der Waals surface area contributed by atoms with Crippen LogP contribution < -0.4 is 0 Å². The second-order valence-electron chi connectivity index (χ2n) is 15.1. The molecule has 5 heteroatoms. The van der Waals surface area contributed by atoms with E-state index in [2.05, 4.69) is 187 Å². The third-order valence-corrected chi connectivity index (χ3v) is 11.4. The second-order valence-corrected chi connectivity index (χ2v) is 15.1. The first-order chi connectivity index (χ1) is 30.2. The number of hydrogen-bond acceptors (Lipinski definition) is 4. The third kappa shape index (κ3) is 6.74. The average molecular weight is 780 g/mol. The number of nitrogens with zero attached hydrogens (tertiary/aromatic N) is 5. The molecule has 8 aromatic carbocycles. The molecule has 3 aromatic heterocycles. The van der Waals surface area contributed by atoms with Crippen molar-refractivity contribution in [1.82, 2.24) is 24.6 Å². The lowest BCUT2D eigenvalue weighted by molar-refractivity contribution is 0.976. The summed E-state index contributed by atoms with van der Waals surface area (Å²) < 4.78 is 2.14. The molecule has 0 aliphatic carbocycles. The quantitative estimate of drug-likeness (QED) is 0.154. The van der Waals surface area contributed by atoms with Crippen LogP contribution in [-0.4, -0.2) is 24.6 Å². The van der Waals surface area contributed by atoms with Crippen LogP contribution in [0.5, 0.6) is 0 Å². The SMILES string of the molecule is c1ccc(-c2ccc(-c3nc(-c4ccccc4)nc(-c4ccc(-c5ccc(-c6c(-c7ccccc7)n7ncc(-c8ccccc8)c7c7ccccc67)cc5)cc4)n3)cc2)cc1. The van der Waals surface area contributed by atoms with Crippen molar-refractivity contribution >= 4 is 16.3 Å². The number of rotatable bonds is 8. The zero-order chi connectivity index (χ0) is 40.5. The van der Waals surface area contributed by atoms with E-state index in [0.717, 1.165) is 77.8 Å². The first-order valence-electron chi connectivity index (χ1n) is 20.5. The van der Waals surface area contributed by atoms with Crippen molar-refractivity contribution in [3.05, 3.63) is 225 Å². The summed E-state index contributed by atoms with van der Waals surface area (Å²) in [6.45, 7) is 0. The number of aromatic nitrogens is 5. The van der Waals surface area contributed by atoms with Gasteiger partial charge in [-0.2, -0.15) is 5.10 Å². The molecule has 11 rings (SSSR count). The van der Waals surface area contributed by atoms with Crippen LogP contribution in [0.15, 0.2) is 225 Å². The molecule has 0 saturated heterocycles. The van der Waals surface area contributed by atoms with Crippen molar-refractivity contribution in [1.29, 1.82) is 0 Å². The van der Waals surface area contributed by atoms with Gasteiger partial charge in [-0.1, -0.05) is 218 Å². The zero-order valence-corrected chi connectivity index (χ0v) is 33.1. The molecule has 61 heavy (non-hydrogen) atoms. The first-order valence-corrected chi connectivity index (χ1v) is 20.5. The van der Waals surface area contributed by atoms with Gasteiger partial charge in [-0.05, 0) is 38.8 Å². The lowest BCUT2D eigenvalue weighted by atomic mass is 9.91. The summed E-state index contributed by atoms with van der Waals surface area (Å²) in [5, 5.41) is 7.41. The van der Waals surface area contributed by atoms with E-state index in [9.17, 15) is 0 Å². The Morgan fingerprint density at radius 3 is 1.11 bits per heavy atom. The predicted molar refractivity (Wildman–Crippen MR) is 250 cm³/mol. The molecule has 0 aliphatic heterocycles. The normalized spacial score (nSPS) is 11.3. The van der Waals surface area contributed by atoms with E-state index >= 15 is 0 Å². The second kappa shape index (κ2) is 15.5. The van der Waals surface area contributed by atoms with Crippen LogP contribution >= 0.6 is 0 Å². The largest absolute Gasteiger partial charge is 0.231 e. The lowest BCUT2D eigenvalue weighted by Gasteiger charge is -2.18. The minimum absolute atomic E-state index is 0.627. The van der Waals surface area contributed by atoms with E-state index in [1.54, 1.807) is 0 Å². The highest BCUT2D eigenvalue weighted by Gasteiger charge is 2.21. The van der Waals surface area contributed by atoms with Crippen LogP contribution in [0.1, 0.15) is 0 Å². The number of benzene rings is 8. The van der Waals surface area contributed by atoms with Gasteiger partial charge in [0, 0.05) is 38.8 Å². The Hall–Kier alpha value is -8.28. The summed E-state index contributed by atoms with van der Waals surface area (Å²) in [7, 11) is 0. The molecule has 0 bridgehead atoms. The van der Waals surface area contributed by atoms with Crippen LogP contribution in [0.3, 0.4) is 0 Å². The number of fused-ring (bicyclic) bond motifs is 3. The third-order valence-electron chi connectivity index (χ3n) is 11.4. The van der Waals surface area contributed by atoms with Gasteiger partial charge in [0.2, 0.25) is 0 Å². The fourth-order valence-electron chi connectivity index (χ4n) is 8.34. The van der Waals surface area contributed by atoms with Crippen molar-refractivity contribution in [2.24, 2.45) is 0 Å². The summed E-state index contributed by atoms with van der Waals surface area (Å²) in [6.07, 6.45) is 2.00. The van der Waals surface area contributed by atoms with Crippen LogP contribution in [-0.2, 0) is 0 Å². The van der Waals surface area contributed by atoms with Gasteiger partial charge in [0.05, 0.1) is 17.4 Å². The highest BCUT2D eigenvalue weighted by atomic mass is 15.2. The van der Waals surface area contributed by atoms with Gasteiger partial charge in [0.25, 0.3) is 0 Å². The van der Waals surface area contributed by atoms with Crippen molar-refractivity contribution < 1.29 is 0 Å². The Morgan fingerprint density at radius 2 is 0.623 bits per heavy atom. The maximum absolute atomic E-state index is 5.07. The molecular formula is C56H37N5. The summed E-state index contributed by atoms with van der Waals surface area (Å²) in [6, 6.07) is 76.1. The van der Waals surface area contributed by atoms with Gasteiger partial charge in [0.1, 0.15) is 0 Å². The summed E-state index contributed by atoms with van der Waals surface area (Å²) in [5.41, 5.74) is 15.1. The minimum Gasteiger partial charge on any atom is -0.231 e. The topological polar surface area (TPSA) is 56.0 Å². The standard InChI is InChI=1S/C56H37N5/c1-5-15-38(16-6-1)39-27-33-46(34-28-39)55-58-54(45-21-11-4-12-22-45)59-56(60-55)47-35-29-41(30-36-47)40-25-31-43(32-26-40)51-48-23-13-14-24-49(48)53-50(42-17-7-2-8-18-42)37-57-61(53)52(51)44-19-9-3-10-20-44/h1-37H. The van der Waals surface area contributed by atoms with E-state index in [0.29, 0.717) is 17.5 Å². The molecule has 286 valence electrons. The molecule has 0 spiro atoms. The van der Waals surface area contributed by atoms with Gasteiger partial charge in [0.15, 0.2) is 17.5 Å². The highest BCUT2D eigenvalue weighted by molar-refractivity contribution is 6.13. The Bertz CT molecular complexity index is 3290. The van der Waals surface area contributed by atoms with Gasteiger partial charge < -0.3 is 0 Å². The summed E-state index contributed by atoms with van der Waals surface area (Å²) >= 11 is 0. The predicted octanol–water partition coefficient (Wildman–Crippen LogP) is 14.0. The molecule has 0 fully saturated rings. The molecule has 0 atom stereocenters. The van der Waals surface area contributed by atoms with Crippen molar-refractivity contribution in [3.63, 3.8) is 0 Å². The monoisotopic (exact) mass is 779 g/mol. The zero-order valence-electron chi connectivity index (χ0n) is 33.1. The van der Waals surface area contributed by atoms with Crippen LogP contribution in [0.4, 0.5) is 0 Å². The molecular weight excluding hydrogens is 743 g/mol. The minimum atomic E-state index is 0.627. The van der Waals surface area contributed by atoms with E-state index in [4.69, 9.17) is 20.1 Å². The van der Waals surface area contributed by atoms with Gasteiger partial charge in [-0.3, -0.25) is 0 Å². The van der Waals surface area contributed by atoms with Gasteiger partial charge >= 0.3 is 0 Å². The van der Waals surface area contributed by atoms with Crippen molar-refractivity contribution in [2.45, 2.75) is 0 Å². The number of pyridine rings is 1. The molecule has 0 saturated carbocycles. The Kier molecular flexibility index (Phi) is 9.10. The molecule has 0 N–H and O–H groups in total. The van der Waals surface area contributed by atoms with E-state index in [-0.39, 0.29) is 0 Å². The molecule has 0 unspecified atom stereocenters. The molecule has 0 radical (unpaired) electrons. The summed E-state index contributed by atoms with van der Waals surface area (Å²) in [5.74, 6) is 1.90. The smallest absolute Gasteiger partial charge is 0.164 e. The average Bonchev–Trinajstić information content (AvgIpc) is 3.80. The number of hydrogen-bond donors (Lipinski definition) is 0. The van der Waals surface area contributed by atoms with Gasteiger partial charge in [-0.25, -0.2) is 19.5 Å². The van der Waals surface area contributed by atoms with Crippen LogP contribution in [0.2, 0.25) is 0 Å². The Morgan fingerprint density at radius 1 is 0.279 bits per heavy atom.